The number of aliphatic carboxylic acids is 1. The van der Waals surface area contributed by atoms with Gasteiger partial charge in [-0.05, 0) is 18.3 Å². The Bertz CT molecular complexity index is 302. The van der Waals surface area contributed by atoms with Crippen molar-refractivity contribution in [2.24, 2.45) is 11.3 Å². The summed E-state index contributed by atoms with van der Waals surface area (Å²) < 4.78 is 0. The van der Waals surface area contributed by atoms with Crippen LogP contribution in [0.5, 0.6) is 0 Å². The molecule has 1 atom stereocenters. The van der Waals surface area contributed by atoms with Gasteiger partial charge in [0.1, 0.15) is 0 Å². The van der Waals surface area contributed by atoms with Gasteiger partial charge in [-0.2, -0.15) is 0 Å². The molecule has 4 heteroatoms. The Morgan fingerprint density at radius 3 is 2.24 bits per heavy atom. The van der Waals surface area contributed by atoms with Gasteiger partial charge in [-0.25, -0.2) is 0 Å². The second-order valence-electron chi connectivity index (χ2n) is 6.25. The maximum atomic E-state index is 12.1. The van der Waals surface area contributed by atoms with Gasteiger partial charge in [-0.15, -0.1) is 0 Å². The first kappa shape index (κ1) is 14.0. The zero-order valence-corrected chi connectivity index (χ0v) is 11.2. The molecule has 1 amide bonds. The van der Waals surface area contributed by atoms with Crippen LogP contribution in [0.25, 0.3) is 0 Å². The molecule has 0 aliphatic heterocycles. The average Bonchev–Trinajstić information content (AvgIpc) is 2.93. The minimum Gasteiger partial charge on any atom is -0.481 e. The number of carboxylic acids is 1. The van der Waals surface area contributed by atoms with Gasteiger partial charge in [-0.3, -0.25) is 9.59 Å². The molecule has 0 aromatic heterocycles. The molecule has 1 aliphatic carbocycles. The van der Waals surface area contributed by atoms with Crippen molar-refractivity contribution in [1.29, 1.82) is 0 Å². The first-order chi connectivity index (χ1) is 7.70. The van der Waals surface area contributed by atoms with E-state index in [0.717, 1.165) is 12.8 Å². The van der Waals surface area contributed by atoms with Gasteiger partial charge in [-0.1, -0.05) is 27.7 Å². The summed E-state index contributed by atoms with van der Waals surface area (Å²) in [6.07, 6.45) is 2.51. The van der Waals surface area contributed by atoms with Crippen LogP contribution in [0, 0.1) is 11.3 Å². The molecule has 1 aliphatic rings. The molecule has 17 heavy (non-hydrogen) atoms. The molecular weight excluding hydrogens is 218 g/mol. The van der Waals surface area contributed by atoms with Gasteiger partial charge in [0.05, 0.1) is 5.92 Å². The van der Waals surface area contributed by atoms with Crippen molar-refractivity contribution in [3.05, 3.63) is 0 Å². The molecule has 1 N–H and O–H groups in total. The van der Waals surface area contributed by atoms with Crippen molar-refractivity contribution < 1.29 is 14.7 Å². The summed E-state index contributed by atoms with van der Waals surface area (Å²) in [6, 6.07) is 0.284. The lowest BCUT2D eigenvalue weighted by molar-refractivity contribution is -0.143. The van der Waals surface area contributed by atoms with Gasteiger partial charge in [0.25, 0.3) is 0 Å². The summed E-state index contributed by atoms with van der Waals surface area (Å²) in [6.45, 7) is 8.07. The third-order valence-corrected chi connectivity index (χ3v) is 2.88. The van der Waals surface area contributed by atoms with Crippen molar-refractivity contribution in [2.75, 3.05) is 6.54 Å². The van der Waals surface area contributed by atoms with Gasteiger partial charge >= 0.3 is 5.97 Å². The highest BCUT2D eigenvalue weighted by Gasteiger charge is 2.35. The Balaban J connectivity index is 2.60. The van der Waals surface area contributed by atoms with Crippen LogP contribution in [0.4, 0.5) is 0 Å². The summed E-state index contributed by atoms with van der Waals surface area (Å²) in [5, 5.41) is 8.91. The summed E-state index contributed by atoms with van der Waals surface area (Å²) in [7, 11) is 0. The van der Waals surface area contributed by atoms with Crippen LogP contribution < -0.4 is 0 Å². The van der Waals surface area contributed by atoms with E-state index in [4.69, 9.17) is 5.11 Å². The number of nitrogens with zero attached hydrogens (tertiary/aromatic N) is 1. The van der Waals surface area contributed by atoms with Crippen molar-refractivity contribution in [3.8, 4) is 0 Å². The first-order valence-electron chi connectivity index (χ1n) is 6.23. The Morgan fingerprint density at radius 2 is 1.88 bits per heavy atom. The number of carbonyl (C=O) groups is 2. The number of hydrogen-bond donors (Lipinski definition) is 1. The van der Waals surface area contributed by atoms with Crippen LogP contribution in [0.2, 0.25) is 0 Å². The summed E-state index contributed by atoms with van der Waals surface area (Å²) >= 11 is 0. The summed E-state index contributed by atoms with van der Waals surface area (Å²) in [4.78, 5) is 24.7. The smallest absolute Gasteiger partial charge is 0.308 e. The van der Waals surface area contributed by atoms with E-state index in [1.54, 1.807) is 11.8 Å². The molecule has 1 saturated carbocycles. The highest BCUT2D eigenvalue weighted by Crippen LogP contribution is 2.30. The monoisotopic (exact) mass is 241 g/mol. The van der Waals surface area contributed by atoms with Crippen LogP contribution in [0.1, 0.15) is 47.0 Å². The zero-order chi connectivity index (χ0) is 13.2. The number of amides is 1. The molecular formula is C13H23NO3. The Kier molecular flexibility index (Phi) is 4.17. The second-order valence-corrected chi connectivity index (χ2v) is 6.25. The molecule has 1 rings (SSSR count). The van der Waals surface area contributed by atoms with Crippen LogP contribution in [0.15, 0.2) is 0 Å². The minimum absolute atomic E-state index is 0.0450. The van der Waals surface area contributed by atoms with Crippen LogP contribution >= 0.6 is 0 Å². The molecule has 0 spiro atoms. The fourth-order valence-electron chi connectivity index (χ4n) is 1.77. The van der Waals surface area contributed by atoms with E-state index in [1.807, 2.05) is 20.8 Å². The Labute approximate surface area is 103 Å². The average molecular weight is 241 g/mol. The lowest BCUT2D eigenvalue weighted by atomic mass is 9.91. The van der Waals surface area contributed by atoms with Crippen LogP contribution in [0.3, 0.4) is 0 Å². The number of hydrogen-bond acceptors (Lipinski definition) is 2. The number of carboxylic acid groups (broad SMARTS) is 1. The Hall–Kier alpha value is -1.06. The lowest BCUT2D eigenvalue weighted by Crippen LogP contribution is -2.40. The van der Waals surface area contributed by atoms with Crippen LogP contribution in [-0.4, -0.2) is 34.5 Å². The summed E-state index contributed by atoms with van der Waals surface area (Å²) in [5.74, 6) is -1.23. The second kappa shape index (κ2) is 5.07. The van der Waals surface area contributed by atoms with Crippen molar-refractivity contribution in [1.82, 2.24) is 4.90 Å². The quantitative estimate of drug-likeness (QED) is 0.802. The largest absolute Gasteiger partial charge is 0.481 e. The van der Waals surface area contributed by atoms with E-state index in [9.17, 15) is 9.59 Å². The van der Waals surface area contributed by atoms with Gasteiger partial charge in [0.15, 0.2) is 0 Å². The SMILES string of the molecule is CC(CN(C(=O)CC(C)(C)C)C1CC1)C(=O)O. The third kappa shape index (κ3) is 4.75. The minimum atomic E-state index is -0.834. The molecule has 4 nitrogen and oxygen atoms in total. The van der Waals surface area contributed by atoms with E-state index < -0.39 is 11.9 Å². The maximum Gasteiger partial charge on any atom is 0.308 e. The highest BCUT2D eigenvalue weighted by atomic mass is 16.4. The first-order valence-corrected chi connectivity index (χ1v) is 6.23. The van der Waals surface area contributed by atoms with Gasteiger partial charge < -0.3 is 10.0 Å². The molecule has 0 heterocycles. The fraction of sp³-hybridized carbons (Fsp3) is 0.846. The van der Waals surface area contributed by atoms with Crippen LogP contribution in [-0.2, 0) is 9.59 Å². The molecule has 0 aromatic rings. The lowest BCUT2D eigenvalue weighted by Gasteiger charge is -2.28. The molecule has 0 radical (unpaired) electrons. The van der Waals surface area contributed by atoms with Crippen molar-refractivity contribution >= 4 is 11.9 Å². The third-order valence-electron chi connectivity index (χ3n) is 2.88. The molecule has 1 fully saturated rings. The zero-order valence-electron chi connectivity index (χ0n) is 11.2. The van der Waals surface area contributed by atoms with E-state index in [2.05, 4.69) is 0 Å². The standard InChI is InChI=1S/C13H23NO3/c1-9(12(16)17)8-14(10-5-6-10)11(15)7-13(2,3)4/h9-10H,5-8H2,1-4H3,(H,16,17). The Morgan fingerprint density at radius 1 is 1.35 bits per heavy atom. The number of rotatable bonds is 5. The molecule has 0 aromatic carbocycles. The van der Waals surface area contributed by atoms with E-state index in [1.165, 1.54) is 0 Å². The highest BCUT2D eigenvalue weighted by molar-refractivity contribution is 5.78. The van der Waals surface area contributed by atoms with E-state index in [0.29, 0.717) is 13.0 Å². The molecule has 1 unspecified atom stereocenters. The number of carbonyl (C=O) groups excluding carboxylic acids is 1. The fourth-order valence-corrected chi connectivity index (χ4v) is 1.77. The molecule has 0 saturated heterocycles. The molecule has 98 valence electrons. The maximum absolute atomic E-state index is 12.1. The van der Waals surface area contributed by atoms with E-state index in [-0.39, 0.29) is 17.4 Å². The van der Waals surface area contributed by atoms with Crippen molar-refractivity contribution in [3.63, 3.8) is 0 Å². The predicted octanol–water partition coefficient (Wildman–Crippen LogP) is 2.13. The predicted molar refractivity (Wildman–Crippen MR) is 65.6 cm³/mol. The van der Waals surface area contributed by atoms with Crippen molar-refractivity contribution in [2.45, 2.75) is 53.0 Å². The topological polar surface area (TPSA) is 57.6 Å². The summed E-state index contributed by atoms with van der Waals surface area (Å²) in [5.41, 5.74) is -0.0450. The van der Waals surface area contributed by atoms with E-state index >= 15 is 0 Å². The normalized spacial score (nSPS) is 17.6. The van der Waals surface area contributed by atoms with Gasteiger partial charge in [0.2, 0.25) is 5.91 Å². The van der Waals surface area contributed by atoms with Gasteiger partial charge in [0, 0.05) is 19.0 Å². The molecule has 0 bridgehead atoms.